The summed E-state index contributed by atoms with van der Waals surface area (Å²) in [6.45, 7) is 1.83. The number of benzene rings is 1. The number of halogens is 1. The Bertz CT molecular complexity index is 597. The molecule has 0 saturated heterocycles. The van der Waals surface area contributed by atoms with Crippen LogP contribution in [-0.2, 0) is 0 Å². The van der Waals surface area contributed by atoms with Gasteiger partial charge in [-0.05, 0) is 43.5 Å². The Balaban J connectivity index is 3.07. The van der Waals surface area contributed by atoms with Crippen LogP contribution in [-0.4, -0.2) is 35.7 Å². The number of rotatable bonds is 4. The zero-order valence-corrected chi connectivity index (χ0v) is 15.6. The highest BCUT2D eigenvalue weighted by molar-refractivity contribution is 9.10. The average Bonchev–Trinajstić information content (AvgIpc) is 2.53. The van der Waals surface area contributed by atoms with Gasteiger partial charge in [0.15, 0.2) is 10.2 Å². The van der Waals surface area contributed by atoms with Crippen molar-refractivity contribution >= 4 is 62.0 Å². The number of nitrogens with one attached hydrogen (secondary N) is 4. The topological polar surface area (TPSA) is 72.8 Å². The minimum absolute atomic E-state index is 0.418. The van der Waals surface area contributed by atoms with Crippen molar-refractivity contribution in [2.45, 2.75) is 6.92 Å². The zero-order chi connectivity index (χ0) is 16.5. The first-order valence-corrected chi connectivity index (χ1v) is 7.92. The van der Waals surface area contributed by atoms with Crippen molar-refractivity contribution in [1.82, 2.24) is 21.5 Å². The maximum Gasteiger partial charge on any atom is 0.186 e. The van der Waals surface area contributed by atoms with Crippen molar-refractivity contribution in [2.24, 2.45) is 10.2 Å². The average molecular weight is 401 g/mol. The van der Waals surface area contributed by atoms with E-state index in [-0.39, 0.29) is 0 Å². The molecule has 4 N–H and O–H groups in total. The van der Waals surface area contributed by atoms with Crippen molar-refractivity contribution in [3.05, 3.63) is 34.3 Å². The molecule has 0 fully saturated rings. The first kappa shape index (κ1) is 18.5. The Morgan fingerprint density at radius 3 is 1.95 bits per heavy atom. The van der Waals surface area contributed by atoms with E-state index in [2.05, 4.69) is 47.6 Å². The van der Waals surface area contributed by atoms with Gasteiger partial charge in [-0.25, -0.2) is 0 Å². The molecule has 22 heavy (non-hydrogen) atoms. The second-order valence-corrected chi connectivity index (χ2v) is 5.78. The van der Waals surface area contributed by atoms with Crippen LogP contribution in [0.15, 0.2) is 38.9 Å². The molecule has 0 unspecified atom stereocenters. The van der Waals surface area contributed by atoms with E-state index in [1.54, 1.807) is 14.1 Å². The van der Waals surface area contributed by atoms with Crippen LogP contribution in [0.4, 0.5) is 0 Å². The molecule has 0 aliphatic carbocycles. The van der Waals surface area contributed by atoms with Crippen LogP contribution in [0.2, 0.25) is 0 Å². The summed E-state index contributed by atoms with van der Waals surface area (Å²) < 4.78 is 0.985. The molecule has 0 amide bonds. The first-order chi connectivity index (χ1) is 10.5. The molecule has 6 nitrogen and oxygen atoms in total. The zero-order valence-electron chi connectivity index (χ0n) is 12.4. The molecular weight excluding hydrogens is 384 g/mol. The lowest BCUT2D eigenvalue weighted by Crippen LogP contribution is -2.32. The predicted molar refractivity (Wildman–Crippen MR) is 103 cm³/mol. The lowest BCUT2D eigenvalue weighted by molar-refractivity contribution is 0.966. The summed E-state index contributed by atoms with van der Waals surface area (Å²) in [4.78, 5) is 0. The van der Waals surface area contributed by atoms with Gasteiger partial charge in [0.2, 0.25) is 0 Å². The fraction of sp³-hybridized carbons (Fsp3) is 0.231. The van der Waals surface area contributed by atoms with Gasteiger partial charge in [-0.1, -0.05) is 28.1 Å². The second kappa shape index (κ2) is 9.44. The van der Waals surface area contributed by atoms with Gasteiger partial charge in [0.25, 0.3) is 0 Å². The van der Waals surface area contributed by atoms with Crippen LogP contribution in [0, 0.1) is 0 Å². The Hall–Kier alpha value is -1.58. The van der Waals surface area contributed by atoms with Crippen molar-refractivity contribution < 1.29 is 0 Å². The van der Waals surface area contributed by atoms with Crippen LogP contribution < -0.4 is 21.5 Å². The van der Waals surface area contributed by atoms with Crippen molar-refractivity contribution in [2.75, 3.05) is 14.1 Å². The molecule has 0 spiro atoms. The quantitative estimate of drug-likeness (QED) is 0.350. The molecule has 1 aromatic rings. The molecule has 0 aliphatic heterocycles. The van der Waals surface area contributed by atoms with Gasteiger partial charge in [-0.2, -0.15) is 10.2 Å². The fourth-order valence-corrected chi connectivity index (χ4v) is 1.72. The van der Waals surface area contributed by atoms with Gasteiger partial charge in [-0.15, -0.1) is 0 Å². The van der Waals surface area contributed by atoms with E-state index in [4.69, 9.17) is 24.4 Å². The summed E-state index contributed by atoms with van der Waals surface area (Å²) in [6, 6.07) is 7.73. The SMILES string of the molecule is CNC(=S)NN=C(C)C(=NNC(=S)NC)c1ccc(Br)cc1. The third-order valence-corrected chi connectivity index (χ3v) is 3.63. The van der Waals surface area contributed by atoms with Gasteiger partial charge < -0.3 is 10.6 Å². The van der Waals surface area contributed by atoms with Crippen LogP contribution in [0.1, 0.15) is 12.5 Å². The van der Waals surface area contributed by atoms with E-state index in [0.29, 0.717) is 21.6 Å². The molecule has 0 saturated carbocycles. The van der Waals surface area contributed by atoms with E-state index in [9.17, 15) is 0 Å². The Labute approximate surface area is 149 Å². The van der Waals surface area contributed by atoms with E-state index in [1.165, 1.54) is 0 Å². The largest absolute Gasteiger partial charge is 0.364 e. The second-order valence-electron chi connectivity index (χ2n) is 4.05. The van der Waals surface area contributed by atoms with Crippen molar-refractivity contribution in [3.63, 3.8) is 0 Å². The van der Waals surface area contributed by atoms with E-state index in [0.717, 1.165) is 10.0 Å². The minimum Gasteiger partial charge on any atom is -0.364 e. The molecule has 0 aliphatic rings. The molecule has 1 rings (SSSR count). The van der Waals surface area contributed by atoms with E-state index >= 15 is 0 Å². The summed E-state index contributed by atoms with van der Waals surface area (Å²) in [7, 11) is 3.44. The normalized spacial score (nSPS) is 11.6. The Kier molecular flexibility index (Phi) is 7.92. The van der Waals surface area contributed by atoms with Gasteiger partial charge in [0.05, 0.1) is 5.71 Å². The highest BCUT2D eigenvalue weighted by Gasteiger charge is 2.09. The number of nitrogens with zero attached hydrogens (tertiary/aromatic N) is 2. The Morgan fingerprint density at radius 1 is 0.955 bits per heavy atom. The third kappa shape index (κ3) is 6.04. The number of hydrogen-bond donors (Lipinski definition) is 4. The molecule has 0 radical (unpaired) electrons. The third-order valence-electron chi connectivity index (χ3n) is 2.51. The predicted octanol–water partition coefficient (Wildman–Crippen LogP) is 1.72. The van der Waals surface area contributed by atoms with Crippen LogP contribution >= 0.6 is 40.4 Å². The summed E-state index contributed by atoms with van der Waals surface area (Å²) >= 11 is 13.4. The monoisotopic (exact) mass is 400 g/mol. The lowest BCUT2D eigenvalue weighted by atomic mass is 10.1. The van der Waals surface area contributed by atoms with Gasteiger partial charge >= 0.3 is 0 Å². The summed E-state index contributed by atoms with van der Waals surface area (Å²) in [6.07, 6.45) is 0. The standard InChI is InChI=1S/C13H17BrN6S2/c1-8(17-19-12(21)15-2)11(18-20-13(22)16-3)9-4-6-10(14)7-5-9/h4-7H,1-3H3,(H2,15,19,21)(H2,16,20,22). The molecule has 118 valence electrons. The maximum absolute atomic E-state index is 5.03. The van der Waals surface area contributed by atoms with Crippen LogP contribution in [0.3, 0.4) is 0 Å². The first-order valence-electron chi connectivity index (χ1n) is 6.31. The van der Waals surface area contributed by atoms with Gasteiger partial charge in [-0.3, -0.25) is 10.9 Å². The Morgan fingerprint density at radius 2 is 1.45 bits per heavy atom. The molecule has 1 aromatic carbocycles. The number of thiocarbonyl (C=S) groups is 2. The highest BCUT2D eigenvalue weighted by Crippen LogP contribution is 2.12. The molecular formula is C13H17BrN6S2. The van der Waals surface area contributed by atoms with Gasteiger partial charge in [0, 0.05) is 24.1 Å². The van der Waals surface area contributed by atoms with Crippen molar-refractivity contribution in [3.8, 4) is 0 Å². The summed E-state index contributed by atoms with van der Waals surface area (Å²) in [5.74, 6) is 0. The lowest BCUT2D eigenvalue weighted by Gasteiger charge is -2.09. The number of hydrazone groups is 2. The van der Waals surface area contributed by atoms with Crippen LogP contribution in [0.5, 0.6) is 0 Å². The molecule has 0 aromatic heterocycles. The summed E-state index contributed by atoms with van der Waals surface area (Å²) in [5, 5.41) is 15.0. The summed E-state index contributed by atoms with van der Waals surface area (Å²) in [5.41, 5.74) is 7.71. The maximum atomic E-state index is 5.03. The molecule has 0 bridgehead atoms. The molecule has 9 heteroatoms. The van der Waals surface area contributed by atoms with Crippen molar-refractivity contribution in [1.29, 1.82) is 0 Å². The smallest absolute Gasteiger partial charge is 0.186 e. The van der Waals surface area contributed by atoms with Crippen LogP contribution in [0.25, 0.3) is 0 Å². The van der Waals surface area contributed by atoms with E-state index < -0.39 is 0 Å². The fourth-order valence-electron chi connectivity index (χ4n) is 1.37. The minimum atomic E-state index is 0.418. The van der Waals surface area contributed by atoms with E-state index in [1.807, 2.05) is 31.2 Å². The molecule has 0 heterocycles. The highest BCUT2D eigenvalue weighted by atomic mass is 79.9. The number of hydrogen-bond acceptors (Lipinski definition) is 4. The van der Waals surface area contributed by atoms with Gasteiger partial charge in [0.1, 0.15) is 5.71 Å². The molecule has 0 atom stereocenters.